The van der Waals surface area contributed by atoms with Crippen molar-refractivity contribution >= 4 is 15.7 Å². The number of anilines is 1. The molecule has 1 aliphatic carbocycles. The van der Waals surface area contributed by atoms with Crippen LogP contribution in [-0.4, -0.2) is 23.7 Å². The molecule has 140 valence electrons. The van der Waals surface area contributed by atoms with Crippen molar-refractivity contribution in [2.24, 2.45) is 0 Å². The predicted octanol–water partition coefficient (Wildman–Crippen LogP) is 3.77. The highest BCUT2D eigenvalue weighted by Crippen LogP contribution is 2.38. The van der Waals surface area contributed by atoms with Crippen LogP contribution in [0.3, 0.4) is 0 Å². The zero-order chi connectivity index (χ0) is 18.9. The third kappa shape index (κ3) is 3.68. The van der Waals surface area contributed by atoms with Crippen LogP contribution in [-0.2, 0) is 16.4 Å². The normalized spacial score (nSPS) is 14.7. The van der Waals surface area contributed by atoms with Gasteiger partial charge in [0.2, 0.25) is 0 Å². The van der Waals surface area contributed by atoms with Crippen molar-refractivity contribution in [3.63, 3.8) is 0 Å². The van der Waals surface area contributed by atoms with Crippen molar-refractivity contribution in [3.05, 3.63) is 71.5 Å². The van der Waals surface area contributed by atoms with Gasteiger partial charge < -0.3 is 5.11 Å². The minimum absolute atomic E-state index is 0.107. The van der Waals surface area contributed by atoms with Gasteiger partial charge >= 0.3 is 0 Å². The van der Waals surface area contributed by atoms with Crippen molar-refractivity contribution in [2.45, 2.75) is 36.5 Å². The SMILES string of the molecule is O=S(=O)(Nc1cc(Cc2ccccc2)ccc1O)c1cn[nH]c1C1CCC1. The Bertz CT molecular complexity index is 1040. The van der Waals surface area contributed by atoms with Gasteiger partial charge in [0.1, 0.15) is 10.6 Å². The molecule has 0 bridgehead atoms. The second-order valence-electron chi connectivity index (χ2n) is 6.90. The summed E-state index contributed by atoms with van der Waals surface area (Å²) in [6.45, 7) is 0. The average molecular weight is 383 g/mol. The maximum atomic E-state index is 12.9. The highest BCUT2D eigenvalue weighted by Gasteiger charge is 2.30. The van der Waals surface area contributed by atoms with Gasteiger partial charge in [0, 0.05) is 5.92 Å². The van der Waals surface area contributed by atoms with Gasteiger partial charge in [-0.1, -0.05) is 42.8 Å². The summed E-state index contributed by atoms with van der Waals surface area (Å²) in [5, 5.41) is 16.9. The number of rotatable bonds is 6. The summed E-state index contributed by atoms with van der Waals surface area (Å²) in [6, 6.07) is 14.9. The number of hydrogen-bond acceptors (Lipinski definition) is 4. The van der Waals surface area contributed by atoms with Crippen molar-refractivity contribution < 1.29 is 13.5 Å². The molecule has 3 aromatic rings. The first-order valence-electron chi connectivity index (χ1n) is 8.95. The minimum atomic E-state index is -3.84. The standard InChI is InChI=1S/C20H21N3O3S/c24-18-10-9-15(11-14-5-2-1-3-6-14)12-17(18)23-27(25,26)19-13-21-22-20(19)16-7-4-8-16/h1-3,5-6,9-10,12-13,16,23-24H,4,7-8,11H2,(H,21,22). The number of phenolic OH excluding ortho intramolecular Hbond substituents is 1. The lowest BCUT2D eigenvalue weighted by molar-refractivity contribution is 0.405. The van der Waals surface area contributed by atoms with E-state index in [2.05, 4.69) is 14.9 Å². The maximum absolute atomic E-state index is 12.9. The second-order valence-corrected chi connectivity index (χ2v) is 8.55. The highest BCUT2D eigenvalue weighted by atomic mass is 32.2. The van der Waals surface area contributed by atoms with E-state index in [0.29, 0.717) is 12.1 Å². The molecule has 1 aromatic heterocycles. The lowest BCUT2D eigenvalue weighted by atomic mass is 9.83. The number of H-pyrrole nitrogens is 1. The summed E-state index contributed by atoms with van der Waals surface area (Å²) >= 11 is 0. The molecule has 0 amide bonds. The third-order valence-corrected chi connectivity index (χ3v) is 6.38. The first kappa shape index (κ1) is 17.6. The molecule has 0 unspecified atom stereocenters. The molecule has 7 heteroatoms. The number of phenols is 1. The summed E-state index contributed by atoms with van der Waals surface area (Å²) < 4.78 is 28.3. The Kier molecular flexibility index (Phi) is 4.61. The molecule has 1 fully saturated rings. The monoisotopic (exact) mass is 383 g/mol. The second kappa shape index (κ2) is 7.08. The zero-order valence-electron chi connectivity index (χ0n) is 14.7. The molecule has 1 heterocycles. The molecule has 27 heavy (non-hydrogen) atoms. The van der Waals surface area contributed by atoms with E-state index in [1.54, 1.807) is 12.1 Å². The number of aromatic hydroxyl groups is 1. The van der Waals surface area contributed by atoms with E-state index >= 15 is 0 Å². The number of aromatic amines is 1. The van der Waals surface area contributed by atoms with E-state index in [1.165, 1.54) is 12.3 Å². The molecule has 4 rings (SSSR count). The third-order valence-electron chi connectivity index (χ3n) is 4.99. The largest absolute Gasteiger partial charge is 0.506 e. The number of sulfonamides is 1. The molecule has 0 radical (unpaired) electrons. The summed E-state index contributed by atoms with van der Waals surface area (Å²) in [5.74, 6) is 0.0983. The Morgan fingerprint density at radius 2 is 1.89 bits per heavy atom. The van der Waals surface area contributed by atoms with Gasteiger partial charge in [-0.2, -0.15) is 5.10 Å². The summed E-state index contributed by atoms with van der Waals surface area (Å²) in [7, 11) is -3.84. The molecular formula is C20H21N3O3S. The van der Waals surface area contributed by atoms with Gasteiger partial charge in [0.25, 0.3) is 10.0 Å². The van der Waals surface area contributed by atoms with E-state index < -0.39 is 10.0 Å². The number of hydrogen-bond donors (Lipinski definition) is 3. The highest BCUT2D eigenvalue weighted by molar-refractivity contribution is 7.92. The van der Waals surface area contributed by atoms with Crippen LogP contribution >= 0.6 is 0 Å². The number of benzene rings is 2. The van der Waals surface area contributed by atoms with Gasteiger partial charge in [0.05, 0.1) is 17.6 Å². The number of nitrogens with zero attached hydrogens (tertiary/aromatic N) is 1. The summed E-state index contributed by atoms with van der Waals surface area (Å²) in [6.07, 6.45) is 5.00. The Morgan fingerprint density at radius 1 is 1.11 bits per heavy atom. The van der Waals surface area contributed by atoms with Crippen LogP contribution in [0.25, 0.3) is 0 Å². The molecular weight excluding hydrogens is 362 g/mol. The van der Waals surface area contributed by atoms with Crippen LogP contribution in [0.4, 0.5) is 5.69 Å². The van der Waals surface area contributed by atoms with Crippen LogP contribution in [0.15, 0.2) is 59.6 Å². The molecule has 6 nitrogen and oxygen atoms in total. The van der Waals surface area contributed by atoms with Gasteiger partial charge in [-0.15, -0.1) is 0 Å². The quantitative estimate of drug-likeness (QED) is 0.565. The van der Waals surface area contributed by atoms with Gasteiger partial charge in [-0.05, 0) is 42.5 Å². The fourth-order valence-corrected chi connectivity index (χ4v) is 4.55. The van der Waals surface area contributed by atoms with Crippen molar-refractivity contribution in [1.29, 1.82) is 0 Å². The van der Waals surface area contributed by atoms with E-state index in [0.717, 1.165) is 30.4 Å². The maximum Gasteiger partial charge on any atom is 0.265 e. The molecule has 0 saturated heterocycles. The minimum Gasteiger partial charge on any atom is -0.506 e. The first-order chi connectivity index (χ1) is 13.0. The number of aromatic nitrogens is 2. The molecule has 1 aliphatic rings. The van der Waals surface area contributed by atoms with Gasteiger partial charge in [-0.25, -0.2) is 8.42 Å². The summed E-state index contributed by atoms with van der Waals surface area (Å²) in [4.78, 5) is 0.153. The Morgan fingerprint density at radius 3 is 2.59 bits per heavy atom. The molecule has 1 saturated carbocycles. The fourth-order valence-electron chi connectivity index (χ4n) is 3.29. The predicted molar refractivity (Wildman–Crippen MR) is 103 cm³/mol. The van der Waals surface area contributed by atoms with Crippen LogP contribution in [0, 0.1) is 0 Å². The average Bonchev–Trinajstić information content (AvgIpc) is 3.07. The van der Waals surface area contributed by atoms with E-state index in [1.807, 2.05) is 30.3 Å². The lowest BCUT2D eigenvalue weighted by Gasteiger charge is -2.25. The smallest absolute Gasteiger partial charge is 0.265 e. The van der Waals surface area contributed by atoms with Crippen LogP contribution in [0.5, 0.6) is 5.75 Å². The Hall–Kier alpha value is -2.80. The molecule has 0 atom stereocenters. The Labute approximate surface area is 158 Å². The summed E-state index contributed by atoms with van der Waals surface area (Å²) in [5.41, 5.74) is 2.83. The van der Waals surface area contributed by atoms with Crippen molar-refractivity contribution in [2.75, 3.05) is 4.72 Å². The lowest BCUT2D eigenvalue weighted by Crippen LogP contribution is -2.18. The van der Waals surface area contributed by atoms with Crippen LogP contribution in [0.2, 0.25) is 0 Å². The Balaban J connectivity index is 1.60. The van der Waals surface area contributed by atoms with Crippen LogP contribution in [0.1, 0.15) is 42.0 Å². The molecule has 0 aliphatic heterocycles. The van der Waals surface area contributed by atoms with Crippen molar-refractivity contribution in [1.82, 2.24) is 10.2 Å². The first-order valence-corrected chi connectivity index (χ1v) is 10.4. The van der Waals surface area contributed by atoms with Gasteiger partial charge in [-0.3, -0.25) is 9.82 Å². The van der Waals surface area contributed by atoms with Gasteiger partial charge in [0.15, 0.2) is 0 Å². The van der Waals surface area contributed by atoms with E-state index in [9.17, 15) is 13.5 Å². The number of nitrogens with one attached hydrogen (secondary N) is 2. The van der Waals surface area contributed by atoms with E-state index in [4.69, 9.17) is 0 Å². The van der Waals surface area contributed by atoms with Crippen LogP contribution < -0.4 is 4.72 Å². The molecule has 2 aromatic carbocycles. The fraction of sp³-hybridized carbons (Fsp3) is 0.250. The van der Waals surface area contributed by atoms with Crippen molar-refractivity contribution in [3.8, 4) is 5.75 Å². The van der Waals surface area contributed by atoms with E-state index in [-0.39, 0.29) is 22.3 Å². The molecule has 3 N–H and O–H groups in total. The zero-order valence-corrected chi connectivity index (χ0v) is 15.5. The topological polar surface area (TPSA) is 95.1 Å². The molecule has 0 spiro atoms.